The van der Waals surface area contributed by atoms with E-state index in [4.69, 9.17) is 5.73 Å². The fraction of sp³-hybridized carbons (Fsp3) is 0.0625. The van der Waals surface area contributed by atoms with E-state index in [1.165, 1.54) is 18.2 Å². The number of hydrogen-bond acceptors (Lipinski definition) is 3. The van der Waals surface area contributed by atoms with Crippen LogP contribution in [0.3, 0.4) is 0 Å². The summed E-state index contributed by atoms with van der Waals surface area (Å²) in [5.41, 5.74) is 6.01. The van der Waals surface area contributed by atoms with E-state index >= 15 is 0 Å². The van der Waals surface area contributed by atoms with Crippen LogP contribution < -0.4 is 11.3 Å². The minimum atomic E-state index is -0.737. The molecule has 3 rings (SSSR count). The van der Waals surface area contributed by atoms with E-state index < -0.39 is 11.5 Å². The highest BCUT2D eigenvalue weighted by atomic mass is 19.1. The van der Waals surface area contributed by atoms with Crippen molar-refractivity contribution in [2.45, 2.75) is 6.42 Å². The number of aromatic nitrogens is 2. The van der Waals surface area contributed by atoms with E-state index in [0.29, 0.717) is 23.1 Å². The average molecular weight is 296 g/mol. The highest BCUT2D eigenvalue weighted by Crippen LogP contribution is 2.19. The molecule has 1 amide bonds. The van der Waals surface area contributed by atoms with E-state index in [9.17, 15) is 14.0 Å². The fourth-order valence-electron chi connectivity index (χ4n) is 2.38. The number of carbonyl (C=O) groups excluding carboxylic acids is 1. The van der Waals surface area contributed by atoms with Crippen LogP contribution in [0.5, 0.6) is 0 Å². The third kappa shape index (κ3) is 2.46. The molecule has 0 saturated carbocycles. The Bertz CT molecular complexity index is 934. The first-order chi connectivity index (χ1) is 10.6. The molecule has 0 saturated heterocycles. The lowest BCUT2D eigenvalue weighted by Gasteiger charge is -2.07. The van der Waals surface area contributed by atoms with Gasteiger partial charge < -0.3 is 5.73 Å². The van der Waals surface area contributed by atoms with Crippen LogP contribution >= 0.6 is 0 Å². The summed E-state index contributed by atoms with van der Waals surface area (Å²) in [6, 6.07) is 11.9. The van der Waals surface area contributed by atoms with Gasteiger partial charge in [0.2, 0.25) is 5.91 Å². The van der Waals surface area contributed by atoms with Gasteiger partial charge in [-0.1, -0.05) is 24.3 Å². The number of rotatable bonds is 3. The van der Waals surface area contributed by atoms with Gasteiger partial charge in [0, 0.05) is 11.8 Å². The van der Waals surface area contributed by atoms with E-state index in [-0.39, 0.29) is 16.8 Å². The second kappa shape index (κ2) is 5.40. The predicted octanol–water partition coefficient (Wildman–Crippen LogP) is 1.55. The van der Waals surface area contributed by atoms with Crippen LogP contribution in [0.25, 0.3) is 10.8 Å². The molecule has 3 aromatic rings. The monoisotopic (exact) mass is 296 g/mol. The minimum Gasteiger partial charge on any atom is -0.366 e. The van der Waals surface area contributed by atoms with Gasteiger partial charge >= 0.3 is 0 Å². The summed E-state index contributed by atoms with van der Waals surface area (Å²) in [6.07, 6.45) is 0.313. The molecule has 2 aromatic carbocycles. The molecule has 0 spiro atoms. The van der Waals surface area contributed by atoms with Crippen LogP contribution in [0.4, 0.5) is 4.39 Å². The number of carbonyl (C=O) groups is 1. The number of H-pyrrole nitrogens is 1. The second-order valence-electron chi connectivity index (χ2n) is 4.81. The molecule has 3 N–H and O–H groups in total. The molecule has 5 nitrogen and oxygen atoms in total. The first-order valence-corrected chi connectivity index (χ1v) is 6.52. The number of fused-ring (bicyclic) bond motifs is 1. The Morgan fingerprint density at radius 1 is 1.36 bits per heavy atom. The van der Waals surface area contributed by atoms with Gasteiger partial charge in [0.25, 0.3) is 5.56 Å². The molecule has 0 aliphatic heterocycles. The van der Waals surface area contributed by atoms with Crippen molar-refractivity contribution in [1.82, 2.24) is 10.2 Å². The smallest absolute Gasteiger partial charge is 0.272 e. The molecular weight excluding hydrogens is 285 g/mol. The maximum absolute atomic E-state index is 13.3. The molecule has 0 aliphatic carbocycles. The summed E-state index contributed by atoms with van der Waals surface area (Å²) in [5, 5.41) is 7.00. The van der Waals surface area contributed by atoms with Crippen molar-refractivity contribution in [3.05, 3.63) is 75.5 Å². The Labute approximate surface area is 124 Å². The number of hydrogen-bond donors (Lipinski definition) is 2. The third-order valence-electron chi connectivity index (χ3n) is 3.33. The molecule has 0 aliphatic rings. The zero-order valence-corrected chi connectivity index (χ0v) is 11.4. The standard InChI is InChI=1S/C16H11FN3O2/c17-10-4-1-3-9(7-10)8-13-11-5-2-6-12(15(18)21)14(11)16(22)20-19-13/h1-5,7H,8H2,(H2,18,21)(H,20,22). The Morgan fingerprint density at radius 2 is 2.18 bits per heavy atom. The summed E-state index contributed by atoms with van der Waals surface area (Å²) < 4.78 is 13.3. The van der Waals surface area contributed by atoms with Gasteiger partial charge in [0.15, 0.2) is 0 Å². The molecule has 0 bridgehead atoms. The normalized spacial score (nSPS) is 10.8. The Kier molecular flexibility index (Phi) is 3.42. The number of halogens is 1. The molecule has 0 fully saturated rings. The highest BCUT2D eigenvalue weighted by Gasteiger charge is 2.14. The first kappa shape index (κ1) is 13.9. The van der Waals surface area contributed by atoms with Gasteiger partial charge in [-0.05, 0) is 23.8 Å². The molecule has 6 heteroatoms. The quantitative estimate of drug-likeness (QED) is 0.768. The SMILES string of the molecule is NC(=O)c1[c]ccc2c(Cc3cccc(F)c3)n[nH]c(=O)c12. The summed E-state index contributed by atoms with van der Waals surface area (Å²) in [7, 11) is 0. The van der Waals surface area contributed by atoms with Crippen molar-refractivity contribution in [3.8, 4) is 0 Å². The third-order valence-corrected chi connectivity index (χ3v) is 3.33. The molecule has 22 heavy (non-hydrogen) atoms. The summed E-state index contributed by atoms with van der Waals surface area (Å²) in [4.78, 5) is 23.4. The van der Waals surface area contributed by atoms with Crippen LogP contribution in [0.15, 0.2) is 41.2 Å². The summed E-state index contributed by atoms with van der Waals surface area (Å²) in [6.45, 7) is 0. The average Bonchev–Trinajstić information content (AvgIpc) is 2.49. The van der Waals surface area contributed by atoms with Crippen LogP contribution in [0.1, 0.15) is 21.6 Å². The molecule has 0 atom stereocenters. The van der Waals surface area contributed by atoms with E-state index in [1.54, 1.807) is 18.2 Å². The Balaban J connectivity index is 2.19. The number of aromatic amines is 1. The molecule has 1 radical (unpaired) electrons. The van der Waals surface area contributed by atoms with Crippen molar-refractivity contribution < 1.29 is 9.18 Å². The van der Waals surface area contributed by atoms with Crippen LogP contribution in [-0.2, 0) is 6.42 Å². The van der Waals surface area contributed by atoms with Crippen molar-refractivity contribution >= 4 is 16.7 Å². The topological polar surface area (TPSA) is 88.8 Å². The lowest BCUT2D eigenvalue weighted by molar-refractivity contribution is 0.100. The fourth-order valence-corrected chi connectivity index (χ4v) is 2.38. The predicted molar refractivity (Wildman–Crippen MR) is 78.9 cm³/mol. The van der Waals surface area contributed by atoms with Crippen molar-refractivity contribution in [1.29, 1.82) is 0 Å². The van der Waals surface area contributed by atoms with Gasteiger partial charge in [0.1, 0.15) is 5.82 Å². The van der Waals surface area contributed by atoms with E-state index in [2.05, 4.69) is 16.3 Å². The van der Waals surface area contributed by atoms with Gasteiger partial charge in [-0.2, -0.15) is 5.10 Å². The number of amides is 1. The second-order valence-corrected chi connectivity index (χ2v) is 4.81. The molecule has 0 unspecified atom stereocenters. The first-order valence-electron chi connectivity index (χ1n) is 6.52. The molecular formula is C16H11FN3O2. The number of nitrogens with two attached hydrogens (primary N) is 1. The van der Waals surface area contributed by atoms with Gasteiger partial charge in [0.05, 0.1) is 16.6 Å². The highest BCUT2D eigenvalue weighted by molar-refractivity contribution is 6.06. The molecule has 109 valence electrons. The zero-order valence-electron chi connectivity index (χ0n) is 11.4. The lowest BCUT2D eigenvalue weighted by atomic mass is 10.0. The lowest BCUT2D eigenvalue weighted by Crippen LogP contribution is -2.19. The maximum atomic E-state index is 13.3. The van der Waals surface area contributed by atoms with E-state index in [1.807, 2.05) is 0 Å². The van der Waals surface area contributed by atoms with E-state index in [0.717, 1.165) is 0 Å². The molecule has 1 aromatic heterocycles. The van der Waals surface area contributed by atoms with Crippen LogP contribution in [0.2, 0.25) is 0 Å². The largest absolute Gasteiger partial charge is 0.366 e. The number of benzene rings is 2. The van der Waals surface area contributed by atoms with Crippen molar-refractivity contribution in [2.24, 2.45) is 5.73 Å². The van der Waals surface area contributed by atoms with Gasteiger partial charge in [-0.3, -0.25) is 9.59 Å². The van der Waals surface area contributed by atoms with Crippen molar-refractivity contribution in [2.75, 3.05) is 0 Å². The number of nitrogens with zero attached hydrogens (tertiary/aromatic N) is 1. The molecule has 1 heterocycles. The number of nitrogens with one attached hydrogen (secondary N) is 1. The van der Waals surface area contributed by atoms with Crippen LogP contribution in [-0.4, -0.2) is 16.1 Å². The maximum Gasteiger partial charge on any atom is 0.272 e. The summed E-state index contributed by atoms with van der Waals surface area (Å²) >= 11 is 0. The van der Waals surface area contributed by atoms with Gasteiger partial charge in [-0.15, -0.1) is 0 Å². The zero-order chi connectivity index (χ0) is 15.7. The summed E-state index contributed by atoms with van der Waals surface area (Å²) in [5.74, 6) is -1.09. The number of primary amides is 1. The van der Waals surface area contributed by atoms with Crippen LogP contribution in [0, 0.1) is 11.9 Å². The minimum absolute atomic E-state index is 0.0154. The van der Waals surface area contributed by atoms with Gasteiger partial charge in [-0.25, -0.2) is 9.49 Å². The van der Waals surface area contributed by atoms with Crippen molar-refractivity contribution in [3.63, 3.8) is 0 Å². The Hall–Kier alpha value is -3.02. The Morgan fingerprint density at radius 3 is 2.91 bits per heavy atom.